The molecule has 2 aromatic heterocycles. The number of aromatic amines is 1. The van der Waals surface area contributed by atoms with E-state index < -0.39 is 0 Å². The summed E-state index contributed by atoms with van der Waals surface area (Å²) in [6, 6.07) is 23.2. The highest BCUT2D eigenvalue weighted by Crippen LogP contribution is 2.40. The molecule has 1 aliphatic carbocycles. The molecule has 0 unspecified atom stereocenters. The molecule has 0 bridgehead atoms. The van der Waals surface area contributed by atoms with Crippen LogP contribution in [0.2, 0.25) is 0 Å². The van der Waals surface area contributed by atoms with Crippen molar-refractivity contribution in [3.05, 3.63) is 112 Å². The number of hydrogen-bond acceptors (Lipinski definition) is 4. The van der Waals surface area contributed by atoms with E-state index in [0.717, 1.165) is 42.5 Å². The summed E-state index contributed by atoms with van der Waals surface area (Å²) in [4.78, 5) is 45.4. The summed E-state index contributed by atoms with van der Waals surface area (Å²) in [5.41, 5.74) is 5.10. The molecule has 1 saturated carbocycles. The van der Waals surface area contributed by atoms with Gasteiger partial charge in [0.2, 0.25) is 0 Å². The van der Waals surface area contributed by atoms with Gasteiger partial charge < -0.3 is 24.5 Å². The van der Waals surface area contributed by atoms with Gasteiger partial charge in [0.05, 0.1) is 0 Å². The van der Waals surface area contributed by atoms with Crippen molar-refractivity contribution in [1.82, 2.24) is 14.9 Å². The highest BCUT2D eigenvalue weighted by Gasteiger charge is 2.29. The summed E-state index contributed by atoms with van der Waals surface area (Å²) in [5.74, 6) is 0.824. The fourth-order valence-electron chi connectivity index (χ4n) is 6.52. The van der Waals surface area contributed by atoms with E-state index in [1.54, 1.807) is 19.3 Å². The summed E-state index contributed by atoms with van der Waals surface area (Å²) in [6.07, 6.45) is 7.05. The number of nitrogens with one attached hydrogen (secondary N) is 2. The first-order valence-corrected chi connectivity index (χ1v) is 16.0. The molecule has 8 nitrogen and oxygen atoms in total. The molecule has 46 heavy (non-hydrogen) atoms. The number of benzene rings is 3. The molecule has 0 aliphatic heterocycles. The first-order chi connectivity index (χ1) is 22.3. The Morgan fingerprint density at radius 1 is 0.935 bits per heavy atom. The number of carbonyl (C=O) groups excluding carboxylic acids is 2. The number of carbonyl (C=O) groups is 2. The first-order valence-electron chi connectivity index (χ1n) is 16.0. The number of anilines is 1. The van der Waals surface area contributed by atoms with E-state index in [1.165, 1.54) is 11.0 Å². The lowest BCUT2D eigenvalue weighted by molar-refractivity contribution is 0.0948. The van der Waals surface area contributed by atoms with E-state index in [1.807, 2.05) is 92.4 Å². The van der Waals surface area contributed by atoms with Gasteiger partial charge in [-0.3, -0.25) is 14.4 Å². The summed E-state index contributed by atoms with van der Waals surface area (Å²) >= 11 is 0. The number of rotatable bonds is 8. The van der Waals surface area contributed by atoms with Gasteiger partial charge in [-0.2, -0.15) is 0 Å². The number of pyridine rings is 1. The zero-order chi connectivity index (χ0) is 32.4. The van der Waals surface area contributed by atoms with Gasteiger partial charge in [-0.25, -0.2) is 0 Å². The van der Waals surface area contributed by atoms with E-state index >= 15 is 0 Å². The van der Waals surface area contributed by atoms with Crippen molar-refractivity contribution in [3.63, 3.8) is 0 Å². The van der Waals surface area contributed by atoms with Crippen LogP contribution in [0.3, 0.4) is 0 Å². The minimum absolute atomic E-state index is 0.0817. The Morgan fingerprint density at radius 2 is 1.65 bits per heavy atom. The normalized spacial score (nSPS) is 13.5. The molecule has 2 amide bonds. The number of fused-ring (bicyclic) bond motifs is 1. The first kappa shape index (κ1) is 30.9. The van der Waals surface area contributed by atoms with Gasteiger partial charge in [0.15, 0.2) is 0 Å². The highest BCUT2D eigenvalue weighted by atomic mass is 16.5. The number of nitrogens with zero attached hydrogens (tertiary/aromatic N) is 2. The van der Waals surface area contributed by atoms with E-state index in [2.05, 4.69) is 10.3 Å². The smallest absolute Gasteiger partial charge is 0.274 e. The van der Waals surface area contributed by atoms with Gasteiger partial charge in [-0.1, -0.05) is 55.7 Å². The number of H-pyrrole nitrogens is 1. The third kappa shape index (κ3) is 5.95. The molecule has 2 heterocycles. The monoisotopic (exact) mass is 616 g/mol. The van der Waals surface area contributed by atoms with E-state index in [9.17, 15) is 14.4 Å². The van der Waals surface area contributed by atoms with E-state index in [-0.39, 0.29) is 23.4 Å². The number of amides is 2. The van der Waals surface area contributed by atoms with Gasteiger partial charge in [-0.15, -0.1) is 0 Å². The number of ether oxygens (including phenoxy) is 1. The van der Waals surface area contributed by atoms with E-state index in [4.69, 9.17) is 4.74 Å². The Bertz CT molecular complexity index is 1950. The zero-order valence-electron chi connectivity index (χ0n) is 26.9. The second-order valence-electron chi connectivity index (χ2n) is 12.1. The van der Waals surface area contributed by atoms with Crippen molar-refractivity contribution in [2.24, 2.45) is 7.05 Å². The van der Waals surface area contributed by atoms with Crippen molar-refractivity contribution in [1.29, 1.82) is 0 Å². The zero-order valence-corrected chi connectivity index (χ0v) is 26.9. The molecule has 5 aromatic rings. The average Bonchev–Trinajstić information content (AvgIpc) is 3.52. The van der Waals surface area contributed by atoms with Gasteiger partial charge in [0.1, 0.15) is 22.7 Å². The Balaban J connectivity index is 1.53. The second-order valence-corrected chi connectivity index (χ2v) is 12.1. The fraction of sp³-hybridized carbons (Fsp3) is 0.289. The lowest BCUT2D eigenvalue weighted by atomic mass is 9.93. The second kappa shape index (κ2) is 13.1. The topological polar surface area (TPSA) is 96.4 Å². The number of para-hydroxylation sites is 2. The third-order valence-electron chi connectivity index (χ3n) is 8.88. The molecule has 0 radical (unpaired) electrons. The molecule has 2 N–H and O–H groups in total. The molecule has 0 spiro atoms. The maximum Gasteiger partial charge on any atom is 0.274 e. The molecule has 3 aromatic carbocycles. The van der Waals surface area contributed by atoms with Crippen LogP contribution in [-0.4, -0.2) is 34.0 Å². The van der Waals surface area contributed by atoms with E-state index in [0.29, 0.717) is 51.3 Å². The molecule has 6 rings (SSSR count). The molecule has 8 heteroatoms. The minimum atomic E-state index is -0.289. The molecule has 1 fully saturated rings. The van der Waals surface area contributed by atoms with Crippen LogP contribution in [0.1, 0.15) is 71.0 Å². The standard InChI is InChI=1S/C38H40N4O4/c1-5-39-36(43)32-22-30-31(23-41(4)38(45)34(30)40-32)29-20-19-26(21-33(29)46-35-24(2)13-12-14-25(35)3)37(44)42(27-15-8-6-9-16-27)28-17-10-7-11-18-28/h6,8-9,12-16,19-23,28,40H,5,7,10-11,17-18H2,1-4H3,(H,39,43). The van der Waals surface area contributed by atoms with Crippen LogP contribution in [0, 0.1) is 13.8 Å². The molecule has 236 valence electrons. The van der Waals surface area contributed by atoms with Crippen LogP contribution >= 0.6 is 0 Å². The van der Waals surface area contributed by atoms with Crippen LogP contribution in [0.15, 0.2) is 83.8 Å². The molecular formula is C38H40N4O4. The Hall–Kier alpha value is -5.11. The van der Waals surface area contributed by atoms with Gasteiger partial charge >= 0.3 is 0 Å². The summed E-state index contributed by atoms with van der Waals surface area (Å²) in [7, 11) is 1.68. The summed E-state index contributed by atoms with van der Waals surface area (Å²) < 4.78 is 8.21. The Morgan fingerprint density at radius 3 is 2.35 bits per heavy atom. The molecule has 0 saturated heterocycles. The summed E-state index contributed by atoms with van der Waals surface area (Å²) in [5, 5.41) is 3.40. The molecule has 0 atom stereocenters. The van der Waals surface area contributed by atoms with Crippen LogP contribution in [0.25, 0.3) is 22.0 Å². The Kier molecular flexibility index (Phi) is 8.79. The van der Waals surface area contributed by atoms with Crippen molar-refractivity contribution in [2.45, 2.75) is 58.9 Å². The van der Waals surface area contributed by atoms with Gasteiger partial charge in [0, 0.05) is 53.6 Å². The van der Waals surface area contributed by atoms with Crippen molar-refractivity contribution >= 4 is 28.4 Å². The largest absolute Gasteiger partial charge is 0.456 e. The Labute approximate surface area is 269 Å². The average molecular weight is 617 g/mol. The maximum atomic E-state index is 14.5. The lowest BCUT2D eigenvalue weighted by Crippen LogP contribution is -2.41. The quantitative estimate of drug-likeness (QED) is 0.187. The van der Waals surface area contributed by atoms with Crippen LogP contribution in [0.5, 0.6) is 11.5 Å². The highest BCUT2D eigenvalue weighted by molar-refractivity contribution is 6.08. The van der Waals surface area contributed by atoms with Crippen LogP contribution < -0.4 is 20.5 Å². The van der Waals surface area contributed by atoms with Crippen molar-refractivity contribution in [2.75, 3.05) is 11.4 Å². The predicted molar refractivity (Wildman–Crippen MR) is 183 cm³/mol. The SMILES string of the molecule is CCNC(=O)c1cc2c(-c3ccc(C(=O)N(c4ccccc4)C4CCCCC4)cc3Oc3c(C)cccc3C)cn(C)c(=O)c2[nH]1. The number of hydrogen-bond donors (Lipinski definition) is 2. The third-order valence-corrected chi connectivity index (χ3v) is 8.88. The maximum absolute atomic E-state index is 14.5. The van der Waals surface area contributed by atoms with Crippen LogP contribution in [0.4, 0.5) is 5.69 Å². The number of aryl methyl sites for hydroxylation is 3. The van der Waals surface area contributed by atoms with Gasteiger partial charge in [-0.05, 0) is 81.1 Å². The number of aromatic nitrogens is 2. The minimum Gasteiger partial charge on any atom is -0.456 e. The summed E-state index contributed by atoms with van der Waals surface area (Å²) in [6.45, 7) is 6.29. The molecular weight excluding hydrogens is 576 g/mol. The molecule has 1 aliphatic rings. The van der Waals surface area contributed by atoms with Crippen molar-refractivity contribution < 1.29 is 14.3 Å². The lowest BCUT2D eigenvalue weighted by Gasteiger charge is -2.34. The van der Waals surface area contributed by atoms with Crippen LogP contribution in [-0.2, 0) is 7.05 Å². The fourth-order valence-corrected chi connectivity index (χ4v) is 6.52. The van der Waals surface area contributed by atoms with Crippen molar-refractivity contribution in [3.8, 4) is 22.6 Å². The predicted octanol–water partition coefficient (Wildman–Crippen LogP) is 7.67. The van der Waals surface area contributed by atoms with Gasteiger partial charge in [0.25, 0.3) is 17.4 Å².